The van der Waals surface area contributed by atoms with Crippen LogP contribution in [0.25, 0.3) is 0 Å². The first-order valence-electron chi connectivity index (χ1n) is 7.51. The molecule has 0 aliphatic heterocycles. The molecular formula is C17H19N3OS. The fourth-order valence-electron chi connectivity index (χ4n) is 2.91. The van der Waals surface area contributed by atoms with Gasteiger partial charge in [0.25, 0.3) is 5.56 Å². The number of benzene rings is 1. The molecule has 1 aromatic heterocycles. The normalized spacial score (nSPS) is 15.0. The minimum Gasteiger partial charge on any atom is -0.382 e. The molecule has 22 heavy (non-hydrogen) atoms. The van der Waals surface area contributed by atoms with Crippen LogP contribution in [0.15, 0.2) is 46.2 Å². The predicted molar refractivity (Wildman–Crippen MR) is 92.6 cm³/mol. The Balaban J connectivity index is 1.96. The van der Waals surface area contributed by atoms with E-state index in [-0.39, 0.29) is 11.3 Å². The van der Waals surface area contributed by atoms with E-state index in [1.165, 1.54) is 12.8 Å². The van der Waals surface area contributed by atoms with Gasteiger partial charge in [-0.15, -0.1) is 12.6 Å². The third-order valence-corrected chi connectivity index (χ3v) is 4.38. The summed E-state index contributed by atoms with van der Waals surface area (Å²) in [4.78, 5) is 15.8. The summed E-state index contributed by atoms with van der Waals surface area (Å²) < 4.78 is 0. The Kier molecular flexibility index (Phi) is 4.34. The van der Waals surface area contributed by atoms with Crippen LogP contribution in [-0.4, -0.2) is 16.7 Å². The molecule has 0 bridgehead atoms. The van der Waals surface area contributed by atoms with Crippen LogP contribution >= 0.6 is 12.6 Å². The number of hydrogen-bond donors (Lipinski definition) is 4. The van der Waals surface area contributed by atoms with Crippen LogP contribution in [0.2, 0.25) is 0 Å². The van der Waals surface area contributed by atoms with E-state index < -0.39 is 0 Å². The van der Waals surface area contributed by atoms with Gasteiger partial charge in [-0.3, -0.25) is 10.2 Å². The Morgan fingerprint density at radius 1 is 1.18 bits per heavy atom. The second-order valence-electron chi connectivity index (χ2n) is 5.64. The Morgan fingerprint density at radius 3 is 2.55 bits per heavy atom. The predicted octanol–water partition coefficient (Wildman–Crippen LogP) is 3.43. The molecule has 1 heterocycles. The molecule has 1 saturated carbocycles. The smallest absolute Gasteiger partial charge is 0.259 e. The van der Waals surface area contributed by atoms with Crippen molar-refractivity contribution in [1.82, 2.24) is 4.98 Å². The molecule has 2 aromatic rings. The molecule has 0 unspecified atom stereocenters. The van der Waals surface area contributed by atoms with Gasteiger partial charge in [0.15, 0.2) is 0 Å². The molecule has 5 heteroatoms. The number of H-pyrrole nitrogens is 1. The van der Waals surface area contributed by atoms with Crippen LogP contribution in [0.4, 0.5) is 5.69 Å². The van der Waals surface area contributed by atoms with Crippen LogP contribution < -0.4 is 10.9 Å². The quantitative estimate of drug-likeness (QED) is 0.516. The Morgan fingerprint density at radius 2 is 1.86 bits per heavy atom. The monoisotopic (exact) mass is 313 g/mol. The maximum atomic E-state index is 12.2. The molecule has 0 radical (unpaired) electrons. The molecule has 0 atom stereocenters. The largest absolute Gasteiger partial charge is 0.382 e. The molecule has 0 saturated heterocycles. The second-order valence-corrected chi connectivity index (χ2v) is 6.16. The van der Waals surface area contributed by atoms with Crippen molar-refractivity contribution in [2.75, 3.05) is 5.32 Å². The van der Waals surface area contributed by atoms with Crippen LogP contribution in [0.1, 0.15) is 36.8 Å². The van der Waals surface area contributed by atoms with E-state index in [4.69, 9.17) is 5.41 Å². The number of thiol groups is 1. The van der Waals surface area contributed by atoms with Crippen LogP contribution in [0, 0.1) is 5.41 Å². The first-order valence-corrected chi connectivity index (χ1v) is 7.96. The van der Waals surface area contributed by atoms with Crippen molar-refractivity contribution in [2.24, 2.45) is 0 Å². The summed E-state index contributed by atoms with van der Waals surface area (Å²) in [5, 5.41) is 11.8. The lowest BCUT2D eigenvalue weighted by Crippen LogP contribution is -2.24. The van der Waals surface area contributed by atoms with Crippen LogP contribution in [0.3, 0.4) is 0 Å². The van der Waals surface area contributed by atoms with Crippen LogP contribution in [-0.2, 0) is 0 Å². The van der Waals surface area contributed by atoms with E-state index in [1.807, 2.05) is 30.3 Å². The number of rotatable bonds is 4. The number of nitrogens with one attached hydrogen (secondary N) is 3. The zero-order valence-electron chi connectivity index (χ0n) is 12.2. The molecular weight excluding hydrogens is 294 g/mol. The number of aromatic amines is 1. The number of pyridine rings is 1. The van der Waals surface area contributed by atoms with Crippen LogP contribution in [0.5, 0.6) is 0 Å². The zero-order chi connectivity index (χ0) is 15.5. The third kappa shape index (κ3) is 3.09. The van der Waals surface area contributed by atoms with E-state index in [0.717, 1.165) is 23.4 Å². The molecule has 0 amide bonds. The van der Waals surface area contributed by atoms with Crippen molar-refractivity contribution in [3.8, 4) is 0 Å². The maximum Gasteiger partial charge on any atom is 0.259 e. The number of hydrogen-bond acceptors (Lipinski definition) is 4. The maximum absolute atomic E-state index is 12.2. The summed E-state index contributed by atoms with van der Waals surface area (Å²) in [5.74, 6) is 0. The summed E-state index contributed by atoms with van der Waals surface area (Å²) in [6, 6.07) is 9.53. The fourth-order valence-corrected chi connectivity index (χ4v) is 3.06. The molecule has 0 spiro atoms. The highest BCUT2D eigenvalue weighted by Crippen LogP contribution is 2.24. The lowest BCUT2D eigenvalue weighted by Gasteiger charge is -2.17. The minimum atomic E-state index is -0.233. The van der Waals surface area contributed by atoms with Crippen molar-refractivity contribution < 1.29 is 0 Å². The van der Waals surface area contributed by atoms with Crippen molar-refractivity contribution in [1.29, 1.82) is 5.41 Å². The highest BCUT2D eigenvalue weighted by molar-refractivity contribution is 7.80. The zero-order valence-corrected chi connectivity index (χ0v) is 13.1. The fraction of sp³-hybridized carbons (Fsp3) is 0.294. The molecule has 4 nitrogen and oxygen atoms in total. The highest BCUT2D eigenvalue weighted by atomic mass is 32.1. The first kappa shape index (κ1) is 14.9. The van der Waals surface area contributed by atoms with Crippen molar-refractivity contribution in [3.63, 3.8) is 0 Å². The average Bonchev–Trinajstić information content (AvgIpc) is 3.01. The van der Waals surface area contributed by atoms with Gasteiger partial charge in [0.2, 0.25) is 0 Å². The third-order valence-electron chi connectivity index (χ3n) is 4.08. The van der Waals surface area contributed by atoms with Gasteiger partial charge in [0.1, 0.15) is 0 Å². The Labute approximate surface area is 134 Å². The molecule has 3 rings (SSSR count). The summed E-state index contributed by atoms with van der Waals surface area (Å²) in [7, 11) is 0. The first-order chi connectivity index (χ1) is 10.6. The van der Waals surface area contributed by atoms with E-state index in [2.05, 4.69) is 22.9 Å². The van der Waals surface area contributed by atoms with Gasteiger partial charge in [-0.25, -0.2) is 0 Å². The van der Waals surface area contributed by atoms with Gasteiger partial charge in [0, 0.05) is 22.7 Å². The lowest BCUT2D eigenvalue weighted by molar-refractivity contribution is 0.754. The molecule has 114 valence electrons. The summed E-state index contributed by atoms with van der Waals surface area (Å²) in [6.07, 6.45) is 6.31. The van der Waals surface area contributed by atoms with Gasteiger partial charge in [-0.05, 0) is 31.0 Å². The van der Waals surface area contributed by atoms with E-state index in [1.54, 1.807) is 6.20 Å². The number of anilines is 1. The minimum absolute atomic E-state index is 0.232. The van der Waals surface area contributed by atoms with Crippen molar-refractivity contribution in [3.05, 3.63) is 58.0 Å². The average molecular weight is 313 g/mol. The molecule has 1 fully saturated rings. The molecule has 3 N–H and O–H groups in total. The Hall–Kier alpha value is -2.01. The van der Waals surface area contributed by atoms with E-state index >= 15 is 0 Å². The van der Waals surface area contributed by atoms with Crippen molar-refractivity contribution >= 4 is 24.0 Å². The Bertz CT molecular complexity index is 730. The second kappa shape index (κ2) is 6.40. The molecule has 1 aliphatic carbocycles. The highest BCUT2D eigenvalue weighted by Gasteiger charge is 2.19. The summed E-state index contributed by atoms with van der Waals surface area (Å²) in [6.45, 7) is 0. The van der Waals surface area contributed by atoms with Gasteiger partial charge in [-0.1, -0.05) is 25.0 Å². The van der Waals surface area contributed by atoms with E-state index in [0.29, 0.717) is 17.2 Å². The molecule has 1 aliphatic rings. The summed E-state index contributed by atoms with van der Waals surface area (Å²) in [5.41, 5.74) is 1.86. The standard InChI is InChI=1S/C17H19N3OS/c18-16(11-5-7-13(22)8-6-11)15-14(9-10-19-17(15)21)20-12-3-1-2-4-12/h5-10,12,18,22H,1-4H2,(H2,19,20,21). The van der Waals surface area contributed by atoms with Gasteiger partial charge in [-0.2, -0.15) is 0 Å². The van der Waals surface area contributed by atoms with E-state index in [9.17, 15) is 4.79 Å². The lowest BCUT2D eigenvalue weighted by atomic mass is 10.0. The van der Waals surface area contributed by atoms with Gasteiger partial charge < -0.3 is 10.3 Å². The summed E-state index contributed by atoms with van der Waals surface area (Å²) >= 11 is 4.25. The van der Waals surface area contributed by atoms with Crippen molar-refractivity contribution in [2.45, 2.75) is 36.6 Å². The SMILES string of the molecule is N=C(c1ccc(S)cc1)c1c(NC2CCCC2)cc[nH]c1=O. The van der Waals surface area contributed by atoms with Gasteiger partial charge in [0.05, 0.1) is 17.0 Å². The number of aromatic nitrogens is 1. The topological polar surface area (TPSA) is 68.7 Å². The molecule has 1 aromatic carbocycles. The van der Waals surface area contributed by atoms with Gasteiger partial charge >= 0.3 is 0 Å².